The number of rotatable bonds is 2. The number of hydrogen-bond donors (Lipinski definition) is 1. The number of carbonyl (C=O) groups excluding carboxylic acids is 1. The van der Waals surface area contributed by atoms with Crippen molar-refractivity contribution in [3.8, 4) is 0 Å². The Hall–Kier alpha value is -1.91. The molecule has 2 aromatic rings. The number of amides is 1. The van der Waals surface area contributed by atoms with Crippen molar-refractivity contribution in [3.05, 3.63) is 18.0 Å². The van der Waals surface area contributed by atoms with Gasteiger partial charge in [-0.25, -0.2) is 4.98 Å². The Morgan fingerprint density at radius 3 is 2.80 bits per heavy atom. The van der Waals surface area contributed by atoms with E-state index in [-0.39, 0.29) is 11.3 Å². The number of pyridine rings is 1. The monoisotopic (exact) mass is 272 g/mol. The molecule has 2 aromatic heterocycles. The molecule has 0 atom stereocenters. The summed E-state index contributed by atoms with van der Waals surface area (Å²) in [6.45, 7) is 4.00. The summed E-state index contributed by atoms with van der Waals surface area (Å²) in [6.07, 6.45) is 5.94. The van der Waals surface area contributed by atoms with Gasteiger partial charge in [0.1, 0.15) is 0 Å². The lowest BCUT2D eigenvalue weighted by Crippen LogP contribution is -2.30. The van der Waals surface area contributed by atoms with Gasteiger partial charge in [-0.1, -0.05) is 19.8 Å². The lowest BCUT2D eigenvalue weighted by molar-refractivity contribution is -0.124. The molecule has 3 rings (SSSR count). The third-order valence-electron chi connectivity index (χ3n) is 4.38. The summed E-state index contributed by atoms with van der Waals surface area (Å²) >= 11 is 0. The number of hydrogen-bond acceptors (Lipinski definition) is 3. The molecule has 1 saturated carbocycles. The Balaban J connectivity index is 1.87. The van der Waals surface area contributed by atoms with E-state index in [0.29, 0.717) is 0 Å². The average Bonchev–Trinajstić information content (AvgIpc) is 2.96. The molecule has 20 heavy (non-hydrogen) atoms. The van der Waals surface area contributed by atoms with Crippen molar-refractivity contribution in [2.75, 3.05) is 5.32 Å². The molecule has 0 aromatic carbocycles. The van der Waals surface area contributed by atoms with Crippen LogP contribution in [0.15, 0.2) is 12.3 Å². The van der Waals surface area contributed by atoms with E-state index in [0.717, 1.165) is 48.1 Å². The fourth-order valence-electron chi connectivity index (χ4n) is 3.04. The highest BCUT2D eigenvalue weighted by Gasteiger charge is 2.36. The molecule has 1 fully saturated rings. The largest absolute Gasteiger partial charge is 0.324 e. The summed E-state index contributed by atoms with van der Waals surface area (Å²) in [5.74, 6) is 0.109. The number of carbonyl (C=O) groups is 1. The third-order valence-corrected chi connectivity index (χ3v) is 4.38. The smallest absolute Gasteiger partial charge is 0.230 e. The molecule has 1 N–H and O–H groups in total. The maximum atomic E-state index is 12.4. The van der Waals surface area contributed by atoms with Crippen LogP contribution in [0.2, 0.25) is 0 Å². The topological polar surface area (TPSA) is 59.8 Å². The SMILES string of the molecule is Cc1nn(C)c2ncc(NC(=O)C3(C)CCCC3)cc12. The fourth-order valence-corrected chi connectivity index (χ4v) is 3.04. The van der Waals surface area contributed by atoms with Crippen LogP contribution in [0.1, 0.15) is 38.3 Å². The summed E-state index contributed by atoms with van der Waals surface area (Å²) in [4.78, 5) is 16.8. The van der Waals surface area contributed by atoms with Crippen molar-refractivity contribution >= 4 is 22.6 Å². The molecular formula is C15H20N4O. The molecule has 0 saturated heterocycles. The maximum Gasteiger partial charge on any atom is 0.230 e. The summed E-state index contributed by atoms with van der Waals surface area (Å²) in [5.41, 5.74) is 2.30. The highest BCUT2D eigenvalue weighted by atomic mass is 16.2. The summed E-state index contributed by atoms with van der Waals surface area (Å²) in [5, 5.41) is 8.35. The van der Waals surface area contributed by atoms with E-state index in [1.807, 2.05) is 20.0 Å². The van der Waals surface area contributed by atoms with E-state index in [9.17, 15) is 4.79 Å². The fraction of sp³-hybridized carbons (Fsp3) is 0.533. The van der Waals surface area contributed by atoms with Crippen LogP contribution in [-0.4, -0.2) is 20.7 Å². The Morgan fingerprint density at radius 1 is 1.40 bits per heavy atom. The van der Waals surface area contributed by atoms with Gasteiger partial charge in [-0.05, 0) is 25.8 Å². The molecule has 0 unspecified atom stereocenters. The zero-order valence-corrected chi connectivity index (χ0v) is 12.2. The second-order valence-electron chi connectivity index (χ2n) is 6.03. The number of fused-ring (bicyclic) bond motifs is 1. The van der Waals surface area contributed by atoms with Crippen molar-refractivity contribution in [1.29, 1.82) is 0 Å². The zero-order chi connectivity index (χ0) is 14.3. The van der Waals surface area contributed by atoms with Crippen LogP contribution < -0.4 is 5.32 Å². The van der Waals surface area contributed by atoms with Gasteiger partial charge in [0.25, 0.3) is 0 Å². The quantitative estimate of drug-likeness (QED) is 0.914. The highest BCUT2D eigenvalue weighted by molar-refractivity contribution is 5.96. The maximum absolute atomic E-state index is 12.4. The predicted octanol–water partition coefficient (Wildman–Crippen LogP) is 2.80. The van der Waals surface area contributed by atoms with E-state index in [4.69, 9.17) is 0 Å². The van der Waals surface area contributed by atoms with Gasteiger partial charge >= 0.3 is 0 Å². The minimum atomic E-state index is -0.223. The van der Waals surface area contributed by atoms with E-state index >= 15 is 0 Å². The number of anilines is 1. The van der Waals surface area contributed by atoms with Gasteiger partial charge in [0.15, 0.2) is 5.65 Å². The summed E-state index contributed by atoms with van der Waals surface area (Å²) < 4.78 is 1.76. The lowest BCUT2D eigenvalue weighted by Gasteiger charge is -2.22. The van der Waals surface area contributed by atoms with Gasteiger partial charge in [0.05, 0.1) is 17.6 Å². The van der Waals surface area contributed by atoms with Crippen LogP contribution in [0, 0.1) is 12.3 Å². The Kier molecular flexibility index (Phi) is 3.00. The van der Waals surface area contributed by atoms with Crippen molar-refractivity contribution in [2.45, 2.75) is 39.5 Å². The molecule has 0 aliphatic heterocycles. The highest BCUT2D eigenvalue weighted by Crippen LogP contribution is 2.38. The molecule has 0 bridgehead atoms. The Bertz CT molecular complexity index is 668. The van der Waals surface area contributed by atoms with Crippen LogP contribution in [0.4, 0.5) is 5.69 Å². The van der Waals surface area contributed by atoms with Gasteiger partial charge in [-0.2, -0.15) is 5.10 Å². The number of nitrogens with zero attached hydrogens (tertiary/aromatic N) is 3. The van der Waals surface area contributed by atoms with E-state index in [1.54, 1.807) is 10.9 Å². The molecule has 1 aliphatic rings. The zero-order valence-electron chi connectivity index (χ0n) is 12.2. The van der Waals surface area contributed by atoms with Gasteiger partial charge in [0.2, 0.25) is 5.91 Å². The van der Waals surface area contributed by atoms with Crippen LogP contribution in [0.25, 0.3) is 11.0 Å². The van der Waals surface area contributed by atoms with Crippen molar-refractivity contribution in [3.63, 3.8) is 0 Å². The van der Waals surface area contributed by atoms with Crippen LogP contribution in [-0.2, 0) is 11.8 Å². The lowest BCUT2D eigenvalue weighted by atomic mass is 9.88. The van der Waals surface area contributed by atoms with E-state index in [1.165, 1.54) is 0 Å². The second kappa shape index (κ2) is 4.58. The predicted molar refractivity (Wildman–Crippen MR) is 78.5 cm³/mol. The first-order valence-corrected chi connectivity index (χ1v) is 7.10. The Labute approximate surface area is 118 Å². The molecule has 0 spiro atoms. The normalized spacial score (nSPS) is 17.6. The van der Waals surface area contributed by atoms with Crippen LogP contribution >= 0.6 is 0 Å². The van der Waals surface area contributed by atoms with Gasteiger partial charge < -0.3 is 5.32 Å². The molecule has 106 valence electrons. The van der Waals surface area contributed by atoms with Gasteiger partial charge in [-0.3, -0.25) is 9.48 Å². The van der Waals surface area contributed by atoms with E-state index in [2.05, 4.69) is 22.3 Å². The average molecular weight is 272 g/mol. The van der Waals surface area contributed by atoms with E-state index < -0.39 is 0 Å². The minimum Gasteiger partial charge on any atom is -0.324 e. The van der Waals surface area contributed by atoms with Crippen LogP contribution in [0.5, 0.6) is 0 Å². The first-order chi connectivity index (χ1) is 9.49. The molecular weight excluding hydrogens is 252 g/mol. The van der Waals surface area contributed by atoms with Crippen molar-refractivity contribution < 1.29 is 4.79 Å². The second-order valence-corrected chi connectivity index (χ2v) is 6.03. The van der Waals surface area contributed by atoms with Gasteiger partial charge in [0, 0.05) is 17.8 Å². The molecule has 1 aliphatic carbocycles. The minimum absolute atomic E-state index is 0.109. The molecule has 1 amide bonds. The van der Waals surface area contributed by atoms with Crippen molar-refractivity contribution in [1.82, 2.24) is 14.8 Å². The summed E-state index contributed by atoms with van der Waals surface area (Å²) in [6, 6.07) is 1.96. The molecule has 5 heteroatoms. The first kappa shape index (κ1) is 13.1. The number of nitrogens with one attached hydrogen (secondary N) is 1. The molecule has 5 nitrogen and oxygen atoms in total. The van der Waals surface area contributed by atoms with Crippen molar-refractivity contribution in [2.24, 2.45) is 12.5 Å². The first-order valence-electron chi connectivity index (χ1n) is 7.10. The van der Waals surface area contributed by atoms with Gasteiger partial charge in [-0.15, -0.1) is 0 Å². The molecule has 2 heterocycles. The number of aryl methyl sites for hydroxylation is 2. The molecule has 0 radical (unpaired) electrons. The number of aromatic nitrogens is 3. The van der Waals surface area contributed by atoms with Crippen LogP contribution in [0.3, 0.4) is 0 Å². The Morgan fingerprint density at radius 2 is 2.10 bits per heavy atom. The summed E-state index contributed by atoms with van der Waals surface area (Å²) in [7, 11) is 1.88. The third kappa shape index (κ3) is 2.07. The standard InChI is InChI=1S/C15H20N4O/c1-10-12-8-11(9-16-13(12)19(3)18-10)17-14(20)15(2)6-4-5-7-15/h8-9H,4-7H2,1-3H3,(H,17,20).